The lowest BCUT2D eigenvalue weighted by Gasteiger charge is -2.30. The van der Waals surface area contributed by atoms with E-state index in [2.05, 4.69) is 16.8 Å². The number of carbonyl (C=O) groups excluding carboxylic acids is 1. The lowest BCUT2D eigenvalue weighted by molar-refractivity contribution is -0.137. The molecule has 7 heteroatoms. The molecule has 0 aliphatic carbocycles. The average Bonchev–Trinajstić information content (AvgIpc) is 2.83. The van der Waals surface area contributed by atoms with Gasteiger partial charge in [0.2, 0.25) is 0 Å². The topological polar surface area (TPSA) is 41.9 Å². The molecule has 1 aliphatic heterocycles. The highest BCUT2D eigenvalue weighted by Gasteiger charge is 2.30. The van der Waals surface area contributed by atoms with Crippen molar-refractivity contribution in [3.63, 3.8) is 0 Å². The van der Waals surface area contributed by atoms with Gasteiger partial charge in [0.15, 0.2) is 0 Å². The van der Waals surface area contributed by atoms with Gasteiger partial charge < -0.3 is 9.64 Å². The molecule has 0 radical (unpaired) electrons. The Kier molecular flexibility index (Phi) is 7.03. The Morgan fingerprint density at radius 1 is 1.06 bits per heavy atom. The summed E-state index contributed by atoms with van der Waals surface area (Å²) in [5, 5.41) is 1.55. The number of alkyl halides is 3. The first-order valence-electron chi connectivity index (χ1n) is 11.4. The minimum atomic E-state index is -4.39. The number of likely N-dealkylation sites (tertiary alicyclic amines) is 1. The predicted octanol–water partition coefficient (Wildman–Crippen LogP) is 6.98. The SMILES string of the molecule is CCN1CCC(C(C)=NC(=O)c2ccc3c(Oc4ccc(C(F)(F)F)cc4)cccc3c2)CC1. The zero-order valence-corrected chi connectivity index (χ0v) is 19.2. The van der Waals surface area contributed by atoms with Gasteiger partial charge in [-0.1, -0.05) is 19.1 Å². The molecule has 3 aromatic rings. The van der Waals surface area contributed by atoms with Gasteiger partial charge in [-0.2, -0.15) is 13.2 Å². The number of nitrogens with zero attached hydrogens (tertiary/aromatic N) is 2. The number of hydrogen-bond acceptors (Lipinski definition) is 3. The predicted molar refractivity (Wildman–Crippen MR) is 128 cm³/mol. The van der Waals surface area contributed by atoms with Crippen LogP contribution in [0.1, 0.15) is 42.6 Å². The Morgan fingerprint density at radius 2 is 1.76 bits per heavy atom. The van der Waals surface area contributed by atoms with Crippen molar-refractivity contribution in [1.82, 2.24) is 4.90 Å². The third-order valence-electron chi connectivity index (χ3n) is 6.40. The molecule has 1 fully saturated rings. The minimum absolute atomic E-state index is 0.272. The molecule has 3 aromatic carbocycles. The van der Waals surface area contributed by atoms with Crippen molar-refractivity contribution in [1.29, 1.82) is 0 Å². The molecule has 1 aliphatic rings. The summed E-state index contributed by atoms with van der Waals surface area (Å²) in [5.41, 5.74) is 0.637. The molecule has 0 N–H and O–H groups in total. The molecule has 1 saturated heterocycles. The van der Waals surface area contributed by atoms with E-state index < -0.39 is 11.7 Å². The molecular formula is C27H27F3N2O2. The van der Waals surface area contributed by atoms with Crippen LogP contribution < -0.4 is 4.74 Å². The molecule has 0 unspecified atom stereocenters. The Morgan fingerprint density at radius 3 is 2.41 bits per heavy atom. The highest BCUT2D eigenvalue weighted by Crippen LogP contribution is 2.34. The number of amides is 1. The van der Waals surface area contributed by atoms with E-state index in [0.717, 1.165) is 61.1 Å². The second kappa shape index (κ2) is 9.97. The summed E-state index contributed by atoms with van der Waals surface area (Å²) in [5.74, 6) is 0.857. The van der Waals surface area contributed by atoms with Crippen molar-refractivity contribution in [2.24, 2.45) is 10.9 Å². The van der Waals surface area contributed by atoms with Gasteiger partial charge in [0.05, 0.1) is 5.56 Å². The number of rotatable bonds is 5. The first kappa shape index (κ1) is 24.0. The average molecular weight is 469 g/mol. The van der Waals surface area contributed by atoms with E-state index in [9.17, 15) is 18.0 Å². The number of aliphatic imine (C=N–C) groups is 1. The van der Waals surface area contributed by atoms with Crippen LogP contribution in [-0.2, 0) is 6.18 Å². The van der Waals surface area contributed by atoms with E-state index >= 15 is 0 Å². The number of carbonyl (C=O) groups is 1. The second-order valence-electron chi connectivity index (χ2n) is 8.58. The Bertz CT molecular complexity index is 1190. The first-order chi connectivity index (χ1) is 16.2. The summed E-state index contributed by atoms with van der Waals surface area (Å²) in [6.45, 7) is 7.19. The molecule has 4 nitrogen and oxygen atoms in total. The van der Waals surface area contributed by atoms with E-state index in [1.54, 1.807) is 30.3 Å². The number of halogens is 3. The molecule has 0 bridgehead atoms. The van der Waals surface area contributed by atoms with Crippen LogP contribution in [0, 0.1) is 5.92 Å². The molecule has 4 rings (SSSR count). The smallest absolute Gasteiger partial charge is 0.416 e. The van der Waals surface area contributed by atoms with Gasteiger partial charge in [-0.3, -0.25) is 4.79 Å². The van der Waals surface area contributed by atoms with Crippen molar-refractivity contribution in [2.75, 3.05) is 19.6 Å². The normalized spacial score (nSPS) is 16.1. The molecule has 1 amide bonds. The van der Waals surface area contributed by atoms with E-state index in [-0.39, 0.29) is 5.91 Å². The number of hydrogen-bond donors (Lipinski definition) is 0. The van der Waals surface area contributed by atoms with Crippen LogP contribution in [0.3, 0.4) is 0 Å². The highest BCUT2D eigenvalue weighted by molar-refractivity contribution is 6.06. The quantitative estimate of drug-likeness (QED) is 0.379. The summed E-state index contributed by atoms with van der Waals surface area (Å²) < 4.78 is 44.2. The van der Waals surface area contributed by atoms with Gasteiger partial charge in [0.25, 0.3) is 5.91 Å². The minimum Gasteiger partial charge on any atom is -0.457 e. The van der Waals surface area contributed by atoms with Crippen molar-refractivity contribution >= 4 is 22.4 Å². The standard InChI is InChI=1S/C27H27F3N2O2/c1-3-32-15-13-19(14-16-32)18(2)31-26(33)21-7-12-24-20(17-21)5-4-6-25(24)34-23-10-8-22(9-11-23)27(28,29)30/h4-12,17,19H,3,13-16H2,1-2H3. The van der Waals surface area contributed by atoms with Gasteiger partial charge in [-0.25, -0.2) is 4.99 Å². The Balaban J connectivity index is 1.51. The number of benzene rings is 3. The summed E-state index contributed by atoms with van der Waals surface area (Å²) in [4.78, 5) is 19.6. The molecular weight excluding hydrogens is 441 g/mol. The second-order valence-corrected chi connectivity index (χ2v) is 8.58. The van der Waals surface area contributed by atoms with E-state index in [1.165, 1.54) is 12.1 Å². The maximum absolute atomic E-state index is 12.8. The summed E-state index contributed by atoms with van der Waals surface area (Å²) in [7, 11) is 0. The zero-order valence-electron chi connectivity index (χ0n) is 19.2. The molecule has 178 valence electrons. The van der Waals surface area contributed by atoms with Gasteiger partial charge in [-0.05, 0) is 99.2 Å². The number of piperidine rings is 1. The summed E-state index contributed by atoms with van der Waals surface area (Å²) >= 11 is 0. The van der Waals surface area contributed by atoms with Crippen LogP contribution in [-0.4, -0.2) is 36.2 Å². The van der Waals surface area contributed by atoms with Crippen LogP contribution >= 0.6 is 0 Å². The third-order valence-corrected chi connectivity index (χ3v) is 6.40. The third kappa shape index (κ3) is 5.47. The van der Waals surface area contributed by atoms with Crippen LogP contribution in [0.5, 0.6) is 11.5 Å². The van der Waals surface area contributed by atoms with Gasteiger partial charge in [0.1, 0.15) is 11.5 Å². The van der Waals surface area contributed by atoms with E-state index in [1.807, 2.05) is 13.0 Å². The molecule has 1 heterocycles. The molecule has 0 aromatic heterocycles. The lowest BCUT2D eigenvalue weighted by atomic mass is 9.92. The van der Waals surface area contributed by atoms with Gasteiger partial charge in [-0.15, -0.1) is 0 Å². The lowest BCUT2D eigenvalue weighted by Crippen LogP contribution is -2.35. The molecule has 0 spiro atoms. The number of fused-ring (bicyclic) bond motifs is 1. The first-order valence-corrected chi connectivity index (χ1v) is 11.4. The van der Waals surface area contributed by atoms with Crippen molar-refractivity contribution < 1.29 is 22.7 Å². The Labute approximate surface area is 197 Å². The molecule has 0 atom stereocenters. The maximum atomic E-state index is 12.8. The van der Waals surface area contributed by atoms with Crippen molar-refractivity contribution in [2.45, 2.75) is 32.9 Å². The summed E-state index contributed by atoms with van der Waals surface area (Å²) in [6.07, 6.45) is -2.37. The maximum Gasteiger partial charge on any atom is 0.416 e. The highest BCUT2D eigenvalue weighted by atomic mass is 19.4. The summed E-state index contributed by atoms with van der Waals surface area (Å²) in [6, 6.07) is 15.2. The van der Waals surface area contributed by atoms with Crippen LogP contribution in [0.25, 0.3) is 10.8 Å². The Hall–Kier alpha value is -3.19. The largest absolute Gasteiger partial charge is 0.457 e. The molecule has 34 heavy (non-hydrogen) atoms. The van der Waals surface area contributed by atoms with E-state index in [4.69, 9.17) is 4.74 Å². The van der Waals surface area contributed by atoms with Crippen LogP contribution in [0.4, 0.5) is 13.2 Å². The van der Waals surface area contributed by atoms with E-state index in [0.29, 0.717) is 23.0 Å². The van der Waals surface area contributed by atoms with Crippen molar-refractivity contribution in [3.05, 3.63) is 71.8 Å². The van der Waals surface area contributed by atoms with Crippen LogP contribution in [0.2, 0.25) is 0 Å². The number of ether oxygens (including phenoxy) is 1. The monoisotopic (exact) mass is 468 g/mol. The zero-order chi connectivity index (χ0) is 24.3. The van der Waals surface area contributed by atoms with Gasteiger partial charge >= 0.3 is 6.18 Å². The van der Waals surface area contributed by atoms with Crippen molar-refractivity contribution in [3.8, 4) is 11.5 Å². The fourth-order valence-electron chi connectivity index (χ4n) is 4.30. The fourth-order valence-corrected chi connectivity index (χ4v) is 4.30. The fraction of sp³-hybridized carbons (Fsp3) is 0.333. The molecule has 0 saturated carbocycles. The van der Waals surface area contributed by atoms with Crippen LogP contribution in [0.15, 0.2) is 65.7 Å². The van der Waals surface area contributed by atoms with Gasteiger partial charge in [0, 0.05) is 16.7 Å².